The molecule has 0 aliphatic heterocycles. The molecule has 0 nitrogen and oxygen atoms in total. The van der Waals surface area contributed by atoms with Crippen LogP contribution in [0.5, 0.6) is 0 Å². The molecule has 0 aromatic carbocycles. The van der Waals surface area contributed by atoms with E-state index >= 15 is 0 Å². The van der Waals surface area contributed by atoms with Crippen LogP contribution in [0, 0.1) is 0 Å². The SMILES string of the molecule is F[B-](F)(F)F.F[B-](F)(F)F.F[B-](F)(F)F.F[B-](F)(F)F.F[B-](F)(F)F.F[B-](F)(F)F.[NaH]. The molecule has 0 aliphatic rings. The summed E-state index contributed by atoms with van der Waals surface area (Å²) in [4.78, 5) is 0. The molecule has 0 heterocycles. The molecule has 0 saturated carbocycles. The fourth-order valence-corrected chi connectivity index (χ4v) is 0. The quantitative estimate of drug-likeness (QED) is 0.224. The van der Waals surface area contributed by atoms with Crippen LogP contribution in [0.3, 0.4) is 0 Å². The molecule has 31 heteroatoms. The van der Waals surface area contributed by atoms with E-state index in [1.54, 1.807) is 0 Å². The first-order valence-electron chi connectivity index (χ1n) is 5.24. The number of hydrogen-bond acceptors (Lipinski definition) is 0. The summed E-state index contributed by atoms with van der Waals surface area (Å²) in [6, 6.07) is 0. The van der Waals surface area contributed by atoms with Gasteiger partial charge in [-0.3, -0.25) is 0 Å². The zero-order valence-corrected chi connectivity index (χ0v) is 12.5. The molecule has 0 N–H and O–H groups in total. The summed E-state index contributed by atoms with van der Waals surface area (Å²) in [6.45, 7) is 0. The Morgan fingerprint density at radius 3 is 0.161 bits per heavy atom. The van der Waals surface area contributed by atoms with Gasteiger partial charge in [-0.15, -0.1) is 0 Å². The van der Waals surface area contributed by atoms with Crippen molar-refractivity contribution in [3.63, 3.8) is 0 Å². The van der Waals surface area contributed by atoms with Gasteiger partial charge in [0.15, 0.2) is 0 Å². The third-order valence-corrected chi connectivity index (χ3v) is 0. The normalized spacial score (nSPS) is 11.6. The van der Waals surface area contributed by atoms with Gasteiger partial charge in [0.25, 0.3) is 0 Å². The Balaban J connectivity index is -0.0000000443. The van der Waals surface area contributed by atoms with Crippen molar-refractivity contribution in [2.45, 2.75) is 0 Å². The van der Waals surface area contributed by atoms with Crippen molar-refractivity contribution in [2.75, 3.05) is 0 Å². The average Bonchev–Trinajstić information content (AvgIpc) is 1.94. The molecule has 0 fully saturated rings. The van der Waals surface area contributed by atoms with Gasteiger partial charge in [0, 0.05) is 0 Å². The van der Waals surface area contributed by atoms with E-state index in [1.807, 2.05) is 0 Å². The molecule has 0 bridgehead atoms. The van der Waals surface area contributed by atoms with Crippen molar-refractivity contribution in [1.82, 2.24) is 0 Å². The van der Waals surface area contributed by atoms with Crippen LogP contribution in [0.4, 0.5) is 104 Å². The van der Waals surface area contributed by atoms with Gasteiger partial charge in [-0.1, -0.05) is 0 Å². The molecule has 0 aromatic rings. The first-order chi connectivity index (χ1) is 12.0. The Morgan fingerprint density at radius 1 is 0.161 bits per heavy atom. The molecule has 0 radical (unpaired) electrons. The van der Waals surface area contributed by atoms with E-state index in [1.165, 1.54) is 0 Å². The van der Waals surface area contributed by atoms with E-state index in [2.05, 4.69) is 0 Å². The maximum absolute atomic E-state index is 9.75. The zero-order chi connectivity index (χ0) is 27.0. The van der Waals surface area contributed by atoms with Gasteiger partial charge in [-0.05, 0) is 0 Å². The predicted octanol–water partition coefficient (Wildman–Crippen LogP) is 7.15. The molecule has 31 heavy (non-hydrogen) atoms. The number of hydrogen-bond donors (Lipinski definition) is 0. The van der Waals surface area contributed by atoms with Gasteiger partial charge in [-0.25, -0.2) is 0 Å². The van der Waals surface area contributed by atoms with Crippen molar-refractivity contribution in [2.24, 2.45) is 0 Å². The van der Waals surface area contributed by atoms with E-state index in [-0.39, 0.29) is 29.6 Å². The summed E-state index contributed by atoms with van der Waals surface area (Å²) in [7, 11) is -36.0. The second-order valence-corrected chi connectivity index (χ2v) is 2.97. The van der Waals surface area contributed by atoms with Crippen LogP contribution in [0.15, 0.2) is 0 Å². The van der Waals surface area contributed by atoms with Crippen LogP contribution >= 0.6 is 0 Å². The molecule has 0 atom stereocenters. The Hall–Kier alpha value is -0.290. The summed E-state index contributed by atoms with van der Waals surface area (Å²) in [5, 5.41) is 0. The van der Waals surface area contributed by atoms with Gasteiger partial charge in [0.2, 0.25) is 0 Å². The van der Waals surface area contributed by atoms with Crippen molar-refractivity contribution in [3.05, 3.63) is 0 Å². The van der Waals surface area contributed by atoms with Crippen molar-refractivity contribution < 1.29 is 104 Å². The monoisotopic (exact) mass is 546 g/mol. The first kappa shape index (κ1) is 48.2. The van der Waals surface area contributed by atoms with Gasteiger partial charge in [0.05, 0.1) is 0 Å². The van der Waals surface area contributed by atoms with Crippen molar-refractivity contribution in [3.8, 4) is 0 Å². The molecule has 0 amide bonds. The van der Waals surface area contributed by atoms with E-state index < -0.39 is 43.5 Å². The Labute approximate surface area is 177 Å². The van der Waals surface area contributed by atoms with E-state index in [4.69, 9.17) is 0 Å². The Morgan fingerprint density at radius 2 is 0.161 bits per heavy atom. The summed E-state index contributed by atoms with van der Waals surface area (Å²) >= 11 is 0. The Kier molecular flexibility index (Phi) is 29.9. The predicted molar refractivity (Wildman–Crippen MR) is 68.3 cm³/mol. The number of halogens is 24. The van der Waals surface area contributed by atoms with Crippen LogP contribution in [0.1, 0.15) is 0 Å². The third kappa shape index (κ3) is 271000. The topological polar surface area (TPSA) is 0 Å². The first-order valence-corrected chi connectivity index (χ1v) is 5.24. The number of rotatable bonds is 0. The minimum absolute atomic E-state index is 0. The zero-order valence-electron chi connectivity index (χ0n) is 12.5. The van der Waals surface area contributed by atoms with Crippen LogP contribution in [0.25, 0.3) is 0 Å². The summed E-state index contributed by atoms with van der Waals surface area (Å²) < 4.78 is 234. The Bertz CT molecular complexity index is 214. The van der Waals surface area contributed by atoms with Crippen LogP contribution < -0.4 is 0 Å². The van der Waals surface area contributed by atoms with Crippen LogP contribution in [-0.4, -0.2) is 73.1 Å². The molecule has 0 aliphatic carbocycles. The second kappa shape index (κ2) is 19.2. The molecule has 0 saturated heterocycles. The van der Waals surface area contributed by atoms with E-state index in [0.29, 0.717) is 0 Å². The molecule has 0 spiro atoms. The third-order valence-electron chi connectivity index (χ3n) is 0. The van der Waals surface area contributed by atoms with Crippen molar-refractivity contribution in [1.29, 1.82) is 0 Å². The molecular weight excluding hydrogens is 544 g/mol. The molecule has 0 aromatic heterocycles. The standard InChI is InChI=1S/6BF4.Na.H/c6*2-1(3,4)5;;/q6*-1;;. The van der Waals surface area contributed by atoms with Gasteiger partial charge in [0.1, 0.15) is 0 Å². The fraction of sp³-hybridized carbons (Fsp3) is 0. The molecule has 194 valence electrons. The van der Waals surface area contributed by atoms with Crippen LogP contribution in [-0.2, 0) is 0 Å². The van der Waals surface area contributed by atoms with Gasteiger partial charge < -0.3 is 104 Å². The summed E-state index contributed by atoms with van der Waals surface area (Å²) in [5.74, 6) is 0. The minimum atomic E-state index is -6.00. The second-order valence-electron chi connectivity index (χ2n) is 2.97. The summed E-state index contributed by atoms with van der Waals surface area (Å²) in [5.41, 5.74) is 0. The molecule has 0 unspecified atom stereocenters. The molecule has 0 rings (SSSR count). The van der Waals surface area contributed by atoms with Crippen molar-refractivity contribution >= 4 is 73.1 Å². The van der Waals surface area contributed by atoms with E-state index in [9.17, 15) is 104 Å². The van der Waals surface area contributed by atoms with E-state index in [0.717, 1.165) is 0 Å². The summed E-state index contributed by atoms with van der Waals surface area (Å²) in [6.07, 6.45) is 0. The van der Waals surface area contributed by atoms with Crippen LogP contribution in [0.2, 0.25) is 0 Å². The van der Waals surface area contributed by atoms with Gasteiger partial charge >= 0.3 is 73.1 Å². The van der Waals surface area contributed by atoms with Gasteiger partial charge in [-0.2, -0.15) is 0 Å². The average molecular weight is 545 g/mol. The fourth-order valence-electron chi connectivity index (χ4n) is 0. The maximum atomic E-state index is 9.75. The molecular formula is HB6F24Na-6.